The minimum absolute atomic E-state index is 0.104. The minimum Gasteiger partial charge on any atom is -0.383 e. The van der Waals surface area contributed by atoms with Gasteiger partial charge in [0, 0.05) is 31.7 Å². The molecule has 0 aliphatic rings. The molecular formula is C18H32N2O. The van der Waals surface area contributed by atoms with Gasteiger partial charge in [0.2, 0.25) is 0 Å². The Labute approximate surface area is 130 Å². The van der Waals surface area contributed by atoms with Crippen molar-refractivity contribution in [2.24, 2.45) is 0 Å². The SMILES string of the molecule is CCCNCC(C)(CN(C)C(C)COC)c1ccccc1. The van der Waals surface area contributed by atoms with Crippen molar-refractivity contribution in [1.82, 2.24) is 10.2 Å². The Morgan fingerprint density at radius 1 is 1.29 bits per heavy atom. The number of hydrogen-bond donors (Lipinski definition) is 1. The van der Waals surface area contributed by atoms with Gasteiger partial charge in [-0.15, -0.1) is 0 Å². The molecule has 0 heterocycles. The van der Waals surface area contributed by atoms with Crippen LogP contribution in [0.25, 0.3) is 0 Å². The molecule has 1 aromatic rings. The number of likely N-dealkylation sites (N-methyl/N-ethyl adjacent to an activating group) is 1. The topological polar surface area (TPSA) is 24.5 Å². The number of rotatable bonds is 10. The molecule has 1 aromatic carbocycles. The summed E-state index contributed by atoms with van der Waals surface area (Å²) < 4.78 is 5.29. The van der Waals surface area contributed by atoms with Crippen LogP contribution in [0.3, 0.4) is 0 Å². The van der Waals surface area contributed by atoms with E-state index in [1.165, 1.54) is 12.0 Å². The molecule has 3 nitrogen and oxygen atoms in total. The van der Waals surface area contributed by atoms with Crippen LogP contribution in [0.5, 0.6) is 0 Å². The normalized spacial score (nSPS) is 15.9. The van der Waals surface area contributed by atoms with Gasteiger partial charge in [-0.1, -0.05) is 44.2 Å². The first kappa shape index (κ1) is 18.1. The van der Waals surface area contributed by atoms with Crippen molar-refractivity contribution < 1.29 is 4.74 Å². The van der Waals surface area contributed by atoms with Crippen molar-refractivity contribution in [1.29, 1.82) is 0 Å². The zero-order valence-corrected chi connectivity index (χ0v) is 14.4. The Bertz CT molecular complexity index is 382. The van der Waals surface area contributed by atoms with Crippen LogP contribution < -0.4 is 5.32 Å². The molecule has 0 saturated heterocycles. The lowest BCUT2D eigenvalue weighted by Gasteiger charge is -2.37. The van der Waals surface area contributed by atoms with Crippen LogP contribution in [0, 0.1) is 0 Å². The smallest absolute Gasteiger partial charge is 0.0615 e. The van der Waals surface area contributed by atoms with Gasteiger partial charge in [-0.2, -0.15) is 0 Å². The van der Waals surface area contributed by atoms with Gasteiger partial charge < -0.3 is 15.0 Å². The lowest BCUT2D eigenvalue weighted by Crippen LogP contribution is -2.47. The second-order valence-electron chi connectivity index (χ2n) is 6.32. The van der Waals surface area contributed by atoms with E-state index < -0.39 is 0 Å². The number of hydrogen-bond acceptors (Lipinski definition) is 3. The van der Waals surface area contributed by atoms with E-state index in [-0.39, 0.29) is 5.41 Å². The molecule has 3 heteroatoms. The third kappa shape index (κ3) is 5.77. The first-order valence-electron chi connectivity index (χ1n) is 7.99. The predicted octanol–water partition coefficient (Wildman–Crippen LogP) is 2.91. The van der Waals surface area contributed by atoms with Gasteiger partial charge >= 0.3 is 0 Å². The van der Waals surface area contributed by atoms with Crippen molar-refractivity contribution in [3.8, 4) is 0 Å². The highest BCUT2D eigenvalue weighted by molar-refractivity contribution is 5.25. The van der Waals surface area contributed by atoms with Gasteiger partial charge in [0.25, 0.3) is 0 Å². The van der Waals surface area contributed by atoms with Gasteiger partial charge in [0.05, 0.1) is 6.61 Å². The number of ether oxygens (including phenoxy) is 1. The summed E-state index contributed by atoms with van der Waals surface area (Å²) in [5, 5.41) is 3.59. The van der Waals surface area contributed by atoms with Crippen molar-refractivity contribution in [2.75, 3.05) is 40.4 Å². The van der Waals surface area contributed by atoms with E-state index in [0.29, 0.717) is 6.04 Å². The first-order chi connectivity index (χ1) is 10.0. The molecule has 0 spiro atoms. The third-order valence-electron chi connectivity index (χ3n) is 4.17. The Morgan fingerprint density at radius 2 is 1.95 bits per heavy atom. The summed E-state index contributed by atoms with van der Waals surface area (Å²) in [6, 6.07) is 11.2. The summed E-state index contributed by atoms with van der Waals surface area (Å²) in [4.78, 5) is 2.39. The lowest BCUT2D eigenvalue weighted by atomic mass is 9.81. The van der Waals surface area contributed by atoms with Crippen LogP contribution >= 0.6 is 0 Å². The molecule has 2 atom stereocenters. The second kappa shape index (κ2) is 9.19. The Balaban J connectivity index is 2.81. The van der Waals surface area contributed by atoms with Gasteiger partial charge in [0.1, 0.15) is 0 Å². The number of methoxy groups -OCH3 is 1. The molecule has 0 bridgehead atoms. The monoisotopic (exact) mass is 292 g/mol. The molecule has 0 aliphatic heterocycles. The van der Waals surface area contributed by atoms with Crippen LogP contribution in [-0.2, 0) is 10.2 Å². The molecule has 21 heavy (non-hydrogen) atoms. The molecule has 0 aromatic heterocycles. The van der Waals surface area contributed by atoms with E-state index in [4.69, 9.17) is 4.74 Å². The molecule has 1 rings (SSSR count). The van der Waals surface area contributed by atoms with E-state index in [1.54, 1.807) is 7.11 Å². The van der Waals surface area contributed by atoms with E-state index in [9.17, 15) is 0 Å². The van der Waals surface area contributed by atoms with E-state index in [0.717, 1.165) is 26.2 Å². The first-order valence-corrected chi connectivity index (χ1v) is 7.99. The van der Waals surface area contributed by atoms with Gasteiger partial charge in [0.15, 0.2) is 0 Å². The molecule has 2 unspecified atom stereocenters. The molecule has 0 amide bonds. The minimum atomic E-state index is 0.104. The van der Waals surface area contributed by atoms with Crippen molar-refractivity contribution >= 4 is 0 Å². The summed E-state index contributed by atoms with van der Waals surface area (Å²) in [6.45, 7) is 10.6. The quantitative estimate of drug-likeness (QED) is 0.671. The Morgan fingerprint density at radius 3 is 2.52 bits per heavy atom. The molecule has 1 N–H and O–H groups in total. The second-order valence-corrected chi connectivity index (χ2v) is 6.32. The van der Waals surface area contributed by atoms with Gasteiger partial charge in [-0.3, -0.25) is 0 Å². The molecule has 0 radical (unpaired) electrons. The maximum absolute atomic E-state index is 5.29. The third-order valence-corrected chi connectivity index (χ3v) is 4.17. The molecule has 120 valence electrons. The van der Waals surface area contributed by atoms with Gasteiger partial charge in [-0.05, 0) is 32.5 Å². The molecular weight excluding hydrogens is 260 g/mol. The Kier molecular flexibility index (Phi) is 7.94. The maximum Gasteiger partial charge on any atom is 0.0615 e. The number of benzene rings is 1. The highest BCUT2D eigenvalue weighted by Crippen LogP contribution is 2.24. The number of nitrogens with zero attached hydrogens (tertiary/aromatic N) is 1. The van der Waals surface area contributed by atoms with E-state index in [1.807, 2.05) is 0 Å². The highest BCUT2D eigenvalue weighted by Gasteiger charge is 2.29. The zero-order chi connectivity index (χ0) is 15.7. The highest BCUT2D eigenvalue weighted by atomic mass is 16.5. The Hall–Kier alpha value is -0.900. The summed E-state index contributed by atoms with van der Waals surface area (Å²) in [7, 11) is 3.95. The van der Waals surface area contributed by atoms with Crippen molar-refractivity contribution in [3.63, 3.8) is 0 Å². The predicted molar refractivity (Wildman–Crippen MR) is 90.9 cm³/mol. The summed E-state index contributed by atoms with van der Waals surface area (Å²) in [5.41, 5.74) is 1.50. The fraction of sp³-hybridized carbons (Fsp3) is 0.667. The fourth-order valence-electron chi connectivity index (χ4n) is 2.71. The van der Waals surface area contributed by atoms with Gasteiger partial charge in [-0.25, -0.2) is 0 Å². The fourth-order valence-corrected chi connectivity index (χ4v) is 2.71. The van der Waals surface area contributed by atoms with Crippen LogP contribution in [-0.4, -0.2) is 51.3 Å². The maximum atomic E-state index is 5.29. The number of nitrogens with one attached hydrogen (secondary N) is 1. The lowest BCUT2D eigenvalue weighted by molar-refractivity contribution is 0.101. The average molecular weight is 292 g/mol. The van der Waals surface area contributed by atoms with Crippen molar-refractivity contribution in [2.45, 2.75) is 38.6 Å². The zero-order valence-electron chi connectivity index (χ0n) is 14.4. The summed E-state index contributed by atoms with van der Waals surface area (Å²) in [6.07, 6.45) is 1.17. The van der Waals surface area contributed by atoms with Crippen LogP contribution in [0.4, 0.5) is 0 Å². The average Bonchev–Trinajstić information content (AvgIpc) is 2.48. The van der Waals surface area contributed by atoms with Crippen LogP contribution in [0.1, 0.15) is 32.8 Å². The van der Waals surface area contributed by atoms with E-state index >= 15 is 0 Å². The van der Waals surface area contributed by atoms with Crippen LogP contribution in [0.2, 0.25) is 0 Å². The molecule has 0 aliphatic carbocycles. The van der Waals surface area contributed by atoms with Crippen LogP contribution in [0.15, 0.2) is 30.3 Å². The summed E-state index contributed by atoms with van der Waals surface area (Å²) >= 11 is 0. The molecule has 0 fully saturated rings. The van der Waals surface area contributed by atoms with Crippen molar-refractivity contribution in [3.05, 3.63) is 35.9 Å². The van der Waals surface area contributed by atoms with E-state index in [2.05, 4.69) is 68.4 Å². The molecule has 0 saturated carbocycles. The summed E-state index contributed by atoms with van der Waals surface area (Å²) in [5.74, 6) is 0. The standard InChI is InChI=1S/C18H32N2O/c1-6-12-19-14-18(3,17-10-8-7-9-11-17)15-20(4)16(2)13-21-5/h7-11,16,19H,6,12-15H2,1-5H3. The largest absolute Gasteiger partial charge is 0.383 e.